The van der Waals surface area contributed by atoms with E-state index in [1.807, 2.05) is 17.5 Å². The van der Waals surface area contributed by atoms with E-state index in [9.17, 15) is 9.59 Å². The number of rotatable bonds is 5. The summed E-state index contributed by atoms with van der Waals surface area (Å²) in [6.07, 6.45) is 0.387. The summed E-state index contributed by atoms with van der Waals surface area (Å²) in [7, 11) is 1.59. The second-order valence-electron chi connectivity index (χ2n) is 3.37. The first kappa shape index (κ1) is 12.5. The quantitative estimate of drug-likeness (QED) is 0.783. The number of nitrogens with one attached hydrogen (secondary N) is 1. The van der Waals surface area contributed by atoms with E-state index in [-0.39, 0.29) is 5.91 Å². The molecule has 3 N–H and O–H groups in total. The van der Waals surface area contributed by atoms with Crippen LogP contribution in [0.1, 0.15) is 4.88 Å². The predicted molar refractivity (Wildman–Crippen MR) is 63.2 cm³/mol. The highest BCUT2D eigenvalue weighted by molar-refractivity contribution is 7.10. The molecule has 5 nitrogen and oxygen atoms in total. The maximum absolute atomic E-state index is 11.4. The van der Waals surface area contributed by atoms with E-state index < -0.39 is 6.03 Å². The van der Waals surface area contributed by atoms with E-state index in [0.717, 1.165) is 4.88 Å². The van der Waals surface area contributed by atoms with Gasteiger partial charge in [0.05, 0.1) is 6.42 Å². The molecule has 6 heteroatoms. The van der Waals surface area contributed by atoms with Gasteiger partial charge in [-0.1, -0.05) is 6.07 Å². The maximum atomic E-state index is 11.4. The number of amides is 3. The number of hydrogen-bond acceptors (Lipinski definition) is 3. The number of nitrogens with zero attached hydrogens (tertiary/aromatic N) is 1. The van der Waals surface area contributed by atoms with Gasteiger partial charge in [-0.15, -0.1) is 11.3 Å². The molecule has 0 atom stereocenters. The van der Waals surface area contributed by atoms with Crippen molar-refractivity contribution in [1.82, 2.24) is 10.2 Å². The molecule has 0 aromatic carbocycles. The normalized spacial score (nSPS) is 9.81. The Labute approximate surface area is 98.2 Å². The molecule has 0 aliphatic rings. The largest absolute Gasteiger partial charge is 0.354 e. The molecule has 0 saturated heterocycles. The van der Waals surface area contributed by atoms with Crippen molar-refractivity contribution in [3.8, 4) is 0 Å². The summed E-state index contributed by atoms with van der Waals surface area (Å²) >= 11 is 1.55. The molecular formula is C10H15N3O2S. The number of carbonyl (C=O) groups is 2. The molecule has 0 bridgehead atoms. The molecule has 1 heterocycles. The second-order valence-corrected chi connectivity index (χ2v) is 4.40. The third-order valence-electron chi connectivity index (χ3n) is 2.06. The first-order valence-electron chi connectivity index (χ1n) is 4.89. The first-order valence-corrected chi connectivity index (χ1v) is 5.77. The van der Waals surface area contributed by atoms with Crippen LogP contribution in [0, 0.1) is 0 Å². The first-order chi connectivity index (χ1) is 7.59. The fraction of sp³-hybridized carbons (Fsp3) is 0.400. The van der Waals surface area contributed by atoms with Crippen LogP contribution in [0.15, 0.2) is 17.5 Å². The highest BCUT2D eigenvalue weighted by Gasteiger charge is 2.05. The highest BCUT2D eigenvalue weighted by atomic mass is 32.1. The van der Waals surface area contributed by atoms with Gasteiger partial charge in [-0.25, -0.2) is 4.79 Å². The predicted octanol–water partition coefficient (Wildman–Crippen LogP) is 0.417. The molecule has 0 unspecified atom stereocenters. The van der Waals surface area contributed by atoms with Gasteiger partial charge in [-0.3, -0.25) is 4.79 Å². The molecule has 0 saturated carbocycles. The SMILES string of the molecule is CN(CCNC(=O)Cc1cccs1)C(N)=O. The number of nitrogens with two attached hydrogens (primary N) is 1. The molecule has 16 heavy (non-hydrogen) atoms. The summed E-state index contributed by atoms with van der Waals surface area (Å²) in [5, 5.41) is 4.66. The summed E-state index contributed by atoms with van der Waals surface area (Å²) in [4.78, 5) is 24.5. The Kier molecular flexibility index (Phi) is 4.78. The van der Waals surface area contributed by atoms with Crippen LogP contribution >= 0.6 is 11.3 Å². The Morgan fingerprint density at radius 2 is 2.31 bits per heavy atom. The fourth-order valence-corrected chi connectivity index (χ4v) is 1.81. The van der Waals surface area contributed by atoms with Crippen LogP contribution < -0.4 is 11.1 Å². The lowest BCUT2D eigenvalue weighted by Gasteiger charge is -2.14. The summed E-state index contributed by atoms with van der Waals surface area (Å²) in [5.41, 5.74) is 5.04. The average molecular weight is 241 g/mol. The zero-order chi connectivity index (χ0) is 12.0. The Balaban J connectivity index is 2.18. The van der Waals surface area contributed by atoms with Gasteiger partial charge in [0, 0.05) is 25.0 Å². The van der Waals surface area contributed by atoms with E-state index in [0.29, 0.717) is 19.5 Å². The van der Waals surface area contributed by atoms with Crippen molar-refractivity contribution in [2.24, 2.45) is 5.73 Å². The zero-order valence-corrected chi connectivity index (χ0v) is 9.92. The van der Waals surface area contributed by atoms with Crippen molar-refractivity contribution in [2.75, 3.05) is 20.1 Å². The minimum absolute atomic E-state index is 0.0414. The molecule has 3 amide bonds. The summed E-state index contributed by atoms with van der Waals surface area (Å²) in [5.74, 6) is -0.0414. The van der Waals surface area contributed by atoms with Crippen LogP contribution in [0.3, 0.4) is 0 Å². The third-order valence-corrected chi connectivity index (χ3v) is 2.94. The van der Waals surface area contributed by atoms with Gasteiger partial charge >= 0.3 is 6.03 Å². The lowest BCUT2D eigenvalue weighted by atomic mass is 10.3. The molecule has 88 valence electrons. The fourth-order valence-electron chi connectivity index (χ4n) is 1.11. The number of hydrogen-bond donors (Lipinski definition) is 2. The van der Waals surface area contributed by atoms with Crippen molar-refractivity contribution in [1.29, 1.82) is 0 Å². The Bertz CT molecular complexity index is 351. The maximum Gasteiger partial charge on any atom is 0.314 e. The van der Waals surface area contributed by atoms with Crippen molar-refractivity contribution >= 4 is 23.3 Å². The summed E-state index contributed by atoms with van der Waals surface area (Å²) < 4.78 is 0. The van der Waals surface area contributed by atoms with Gasteiger partial charge in [-0.05, 0) is 11.4 Å². The van der Waals surface area contributed by atoms with Gasteiger partial charge in [0.1, 0.15) is 0 Å². The van der Waals surface area contributed by atoms with E-state index in [2.05, 4.69) is 5.32 Å². The lowest BCUT2D eigenvalue weighted by Crippen LogP contribution is -2.39. The van der Waals surface area contributed by atoms with Crippen LogP contribution in [0.4, 0.5) is 4.79 Å². The number of primary amides is 1. The molecule has 1 aromatic rings. The molecule has 0 aliphatic heterocycles. The van der Waals surface area contributed by atoms with Crippen molar-refractivity contribution in [2.45, 2.75) is 6.42 Å². The summed E-state index contributed by atoms with van der Waals surface area (Å²) in [6.45, 7) is 0.842. The Morgan fingerprint density at radius 3 is 2.88 bits per heavy atom. The topological polar surface area (TPSA) is 75.4 Å². The zero-order valence-electron chi connectivity index (χ0n) is 9.10. The van der Waals surface area contributed by atoms with Gasteiger partial charge in [0.25, 0.3) is 0 Å². The standard InChI is InChI=1S/C10H15N3O2S/c1-13(10(11)15)5-4-12-9(14)7-8-3-2-6-16-8/h2-3,6H,4-5,7H2,1H3,(H2,11,15)(H,12,14). The number of urea groups is 1. The van der Waals surface area contributed by atoms with Crippen LogP contribution in [0.25, 0.3) is 0 Å². The average Bonchev–Trinajstić information content (AvgIpc) is 2.70. The number of carbonyl (C=O) groups excluding carboxylic acids is 2. The molecular weight excluding hydrogens is 226 g/mol. The Morgan fingerprint density at radius 1 is 1.56 bits per heavy atom. The monoisotopic (exact) mass is 241 g/mol. The van der Waals surface area contributed by atoms with Crippen molar-refractivity contribution in [3.63, 3.8) is 0 Å². The van der Waals surface area contributed by atoms with Crippen LogP contribution in [-0.2, 0) is 11.2 Å². The Hall–Kier alpha value is -1.56. The van der Waals surface area contributed by atoms with E-state index in [1.54, 1.807) is 18.4 Å². The van der Waals surface area contributed by atoms with E-state index in [4.69, 9.17) is 5.73 Å². The molecule has 1 rings (SSSR count). The minimum atomic E-state index is -0.493. The lowest BCUT2D eigenvalue weighted by molar-refractivity contribution is -0.120. The van der Waals surface area contributed by atoms with Crippen LogP contribution in [0.5, 0.6) is 0 Å². The highest BCUT2D eigenvalue weighted by Crippen LogP contribution is 2.08. The van der Waals surface area contributed by atoms with Crippen molar-refractivity contribution in [3.05, 3.63) is 22.4 Å². The van der Waals surface area contributed by atoms with E-state index in [1.165, 1.54) is 4.90 Å². The molecule has 0 radical (unpaired) electrons. The smallest absolute Gasteiger partial charge is 0.314 e. The minimum Gasteiger partial charge on any atom is -0.354 e. The van der Waals surface area contributed by atoms with Crippen molar-refractivity contribution < 1.29 is 9.59 Å². The van der Waals surface area contributed by atoms with Gasteiger partial charge < -0.3 is 16.0 Å². The van der Waals surface area contributed by atoms with Gasteiger partial charge in [-0.2, -0.15) is 0 Å². The molecule has 1 aromatic heterocycles. The van der Waals surface area contributed by atoms with Gasteiger partial charge in [0.2, 0.25) is 5.91 Å². The van der Waals surface area contributed by atoms with Crippen LogP contribution in [-0.4, -0.2) is 37.0 Å². The molecule has 0 fully saturated rings. The third kappa shape index (κ3) is 4.31. The van der Waals surface area contributed by atoms with Gasteiger partial charge in [0.15, 0.2) is 0 Å². The summed E-state index contributed by atoms with van der Waals surface area (Å²) in [6, 6.07) is 3.33. The number of thiophene rings is 1. The molecule has 0 aliphatic carbocycles. The second kappa shape index (κ2) is 6.12. The van der Waals surface area contributed by atoms with E-state index >= 15 is 0 Å². The molecule has 0 spiro atoms. The number of likely N-dealkylation sites (N-methyl/N-ethyl adjacent to an activating group) is 1. The van der Waals surface area contributed by atoms with Crippen LogP contribution in [0.2, 0.25) is 0 Å².